The normalized spacial score (nSPS) is 25.7. The lowest BCUT2D eigenvalue weighted by molar-refractivity contribution is -0.138. The van der Waals surface area contributed by atoms with E-state index in [4.69, 9.17) is 5.11 Å². The van der Waals surface area contributed by atoms with E-state index in [-0.39, 0.29) is 12.3 Å². The molecule has 0 radical (unpaired) electrons. The maximum absolute atomic E-state index is 10.7. The molecular formula is C11H16N2O2. The first-order chi connectivity index (χ1) is 7.18. The van der Waals surface area contributed by atoms with Crippen molar-refractivity contribution in [3.8, 4) is 0 Å². The Kier molecular flexibility index (Phi) is 2.75. The molecule has 2 rings (SSSR count). The van der Waals surface area contributed by atoms with Crippen LogP contribution in [0.2, 0.25) is 0 Å². The fraction of sp³-hybridized carbons (Fsp3) is 0.636. The van der Waals surface area contributed by atoms with Crippen molar-refractivity contribution >= 4 is 5.97 Å². The fourth-order valence-electron chi connectivity index (χ4n) is 2.58. The number of aryl methyl sites for hydroxylation is 1. The summed E-state index contributed by atoms with van der Waals surface area (Å²) in [6.45, 7) is 1.97. The molecule has 0 saturated heterocycles. The van der Waals surface area contributed by atoms with Gasteiger partial charge < -0.3 is 9.67 Å². The second kappa shape index (κ2) is 4.04. The highest BCUT2D eigenvalue weighted by Crippen LogP contribution is 2.38. The molecule has 1 aliphatic carbocycles. The summed E-state index contributed by atoms with van der Waals surface area (Å²) in [4.78, 5) is 14.9. The summed E-state index contributed by atoms with van der Waals surface area (Å²) in [7, 11) is 0. The van der Waals surface area contributed by atoms with Gasteiger partial charge in [0.1, 0.15) is 5.82 Å². The number of hydrogen-bond acceptors (Lipinski definition) is 2. The Morgan fingerprint density at radius 2 is 2.47 bits per heavy atom. The van der Waals surface area contributed by atoms with Crippen LogP contribution < -0.4 is 0 Å². The number of rotatable bonds is 3. The van der Waals surface area contributed by atoms with Crippen LogP contribution in [0.1, 0.15) is 37.5 Å². The van der Waals surface area contributed by atoms with Crippen LogP contribution in [0.5, 0.6) is 0 Å². The maximum Gasteiger partial charge on any atom is 0.303 e. The van der Waals surface area contributed by atoms with Gasteiger partial charge in [-0.3, -0.25) is 4.79 Å². The third-order valence-electron chi connectivity index (χ3n) is 3.28. The lowest BCUT2D eigenvalue weighted by Gasteiger charge is -2.20. The molecule has 1 heterocycles. The van der Waals surface area contributed by atoms with Gasteiger partial charge >= 0.3 is 5.97 Å². The van der Waals surface area contributed by atoms with Crippen molar-refractivity contribution in [1.29, 1.82) is 0 Å². The van der Waals surface area contributed by atoms with Gasteiger partial charge in [0.05, 0.1) is 6.42 Å². The van der Waals surface area contributed by atoms with E-state index in [1.807, 2.05) is 13.1 Å². The highest BCUT2D eigenvalue weighted by atomic mass is 16.4. The molecule has 1 saturated carbocycles. The molecule has 2 unspecified atom stereocenters. The first-order valence-corrected chi connectivity index (χ1v) is 5.39. The van der Waals surface area contributed by atoms with Crippen molar-refractivity contribution < 1.29 is 9.90 Å². The van der Waals surface area contributed by atoms with E-state index in [2.05, 4.69) is 9.55 Å². The lowest BCUT2D eigenvalue weighted by Crippen LogP contribution is -2.17. The summed E-state index contributed by atoms with van der Waals surface area (Å²) in [6, 6.07) is 0.337. The number of imidazole rings is 1. The summed E-state index contributed by atoms with van der Waals surface area (Å²) in [5, 5.41) is 8.83. The van der Waals surface area contributed by atoms with E-state index in [1.54, 1.807) is 6.20 Å². The van der Waals surface area contributed by atoms with Gasteiger partial charge in [-0.15, -0.1) is 0 Å². The quantitative estimate of drug-likeness (QED) is 0.826. The predicted molar refractivity (Wildman–Crippen MR) is 55.6 cm³/mol. The first-order valence-electron chi connectivity index (χ1n) is 5.39. The molecule has 0 aromatic carbocycles. The number of carbonyl (C=O) groups is 1. The van der Waals surface area contributed by atoms with E-state index >= 15 is 0 Å². The first kappa shape index (κ1) is 10.2. The molecule has 0 amide bonds. The van der Waals surface area contributed by atoms with Crippen molar-refractivity contribution in [3.63, 3.8) is 0 Å². The molecule has 1 aliphatic rings. The van der Waals surface area contributed by atoms with Crippen LogP contribution in [0, 0.1) is 12.8 Å². The zero-order valence-corrected chi connectivity index (χ0v) is 8.89. The standard InChI is InChI=1S/C11H16N2O2/c1-8-12-5-6-13(8)10-4-2-3-9(10)7-11(14)15/h5-6,9-10H,2-4,7H2,1H3,(H,14,15). The predicted octanol–water partition coefficient (Wildman–Crippen LogP) is 2.01. The highest BCUT2D eigenvalue weighted by Gasteiger charge is 2.30. The minimum absolute atomic E-state index is 0.274. The number of aromatic nitrogens is 2. The van der Waals surface area contributed by atoms with Gasteiger partial charge in [-0.2, -0.15) is 0 Å². The monoisotopic (exact) mass is 208 g/mol. The molecule has 2 atom stereocenters. The topological polar surface area (TPSA) is 55.1 Å². The molecule has 0 spiro atoms. The zero-order valence-electron chi connectivity index (χ0n) is 8.89. The van der Waals surface area contributed by atoms with Gasteiger partial charge in [0, 0.05) is 18.4 Å². The average Bonchev–Trinajstić information content (AvgIpc) is 2.73. The van der Waals surface area contributed by atoms with Gasteiger partial charge in [-0.05, 0) is 25.7 Å². The molecule has 1 aromatic heterocycles. The van der Waals surface area contributed by atoms with Crippen LogP contribution in [0.15, 0.2) is 12.4 Å². The van der Waals surface area contributed by atoms with Crippen LogP contribution >= 0.6 is 0 Å². The summed E-state index contributed by atoms with van der Waals surface area (Å²) in [5.41, 5.74) is 0. The molecule has 4 nitrogen and oxygen atoms in total. The molecule has 1 fully saturated rings. The summed E-state index contributed by atoms with van der Waals surface area (Å²) in [6.07, 6.45) is 7.25. The van der Waals surface area contributed by atoms with Crippen LogP contribution in [0.25, 0.3) is 0 Å². The Hall–Kier alpha value is -1.32. The van der Waals surface area contributed by atoms with Crippen LogP contribution in [-0.4, -0.2) is 20.6 Å². The van der Waals surface area contributed by atoms with Gasteiger partial charge in [0.25, 0.3) is 0 Å². The maximum atomic E-state index is 10.7. The van der Waals surface area contributed by atoms with Crippen molar-refractivity contribution in [2.45, 2.75) is 38.6 Å². The van der Waals surface area contributed by atoms with Crippen LogP contribution in [-0.2, 0) is 4.79 Å². The second-order valence-electron chi connectivity index (χ2n) is 4.24. The van der Waals surface area contributed by atoms with Gasteiger partial charge in [0.2, 0.25) is 0 Å². The summed E-state index contributed by atoms with van der Waals surface area (Å²) < 4.78 is 2.13. The Balaban J connectivity index is 2.14. The third kappa shape index (κ3) is 2.03. The molecule has 0 bridgehead atoms. The number of nitrogens with zero attached hydrogens (tertiary/aromatic N) is 2. The van der Waals surface area contributed by atoms with Crippen LogP contribution in [0.3, 0.4) is 0 Å². The zero-order chi connectivity index (χ0) is 10.8. The third-order valence-corrected chi connectivity index (χ3v) is 3.28. The molecule has 4 heteroatoms. The van der Waals surface area contributed by atoms with Gasteiger partial charge in [-0.25, -0.2) is 4.98 Å². The second-order valence-corrected chi connectivity index (χ2v) is 4.24. The lowest BCUT2D eigenvalue weighted by atomic mass is 9.99. The number of hydrogen-bond donors (Lipinski definition) is 1. The molecular weight excluding hydrogens is 192 g/mol. The van der Waals surface area contributed by atoms with E-state index in [9.17, 15) is 4.79 Å². The van der Waals surface area contributed by atoms with Crippen molar-refractivity contribution in [2.75, 3.05) is 0 Å². The Morgan fingerprint density at radius 1 is 1.67 bits per heavy atom. The molecule has 1 aromatic rings. The van der Waals surface area contributed by atoms with Gasteiger partial charge in [-0.1, -0.05) is 6.42 Å². The van der Waals surface area contributed by atoms with Gasteiger partial charge in [0.15, 0.2) is 0 Å². The average molecular weight is 208 g/mol. The van der Waals surface area contributed by atoms with Crippen molar-refractivity contribution in [1.82, 2.24) is 9.55 Å². The van der Waals surface area contributed by atoms with Crippen molar-refractivity contribution in [2.24, 2.45) is 5.92 Å². The van der Waals surface area contributed by atoms with Crippen LogP contribution in [0.4, 0.5) is 0 Å². The number of carboxylic acid groups (broad SMARTS) is 1. The molecule has 0 aliphatic heterocycles. The van der Waals surface area contributed by atoms with E-state index in [0.29, 0.717) is 6.04 Å². The SMILES string of the molecule is Cc1nccn1C1CCCC1CC(=O)O. The number of carboxylic acids is 1. The Labute approximate surface area is 88.9 Å². The Bertz CT molecular complexity index is 359. The van der Waals surface area contributed by atoms with E-state index in [1.165, 1.54) is 0 Å². The molecule has 1 N–H and O–H groups in total. The minimum Gasteiger partial charge on any atom is -0.481 e. The summed E-state index contributed by atoms with van der Waals surface area (Å²) in [5.74, 6) is 0.567. The minimum atomic E-state index is -0.690. The van der Waals surface area contributed by atoms with E-state index in [0.717, 1.165) is 25.1 Å². The fourth-order valence-corrected chi connectivity index (χ4v) is 2.58. The van der Waals surface area contributed by atoms with Crippen molar-refractivity contribution in [3.05, 3.63) is 18.2 Å². The largest absolute Gasteiger partial charge is 0.481 e. The van der Waals surface area contributed by atoms with E-state index < -0.39 is 5.97 Å². The highest BCUT2D eigenvalue weighted by molar-refractivity contribution is 5.67. The Morgan fingerprint density at radius 3 is 3.07 bits per heavy atom. The molecule has 15 heavy (non-hydrogen) atoms. The molecule has 82 valence electrons. The number of aliphatic carboxylic acids is 1. The smallest absolute Gasteiger partial charge is 0.303 e. The summed E-state index contributed by atoms with van der Waals surface area (Å²) >= 11 is 0.